The number of nitrogens with zero attached hydrogens (tertiary/aromatic N) is 1. The van der Waals surface area contributed by atoms with Crippen LogP contribution in [0.5, 0.6) is 17.2 Å². The lowest BCUT2D eigenvalue weighted by Crippen LogP contribution is -2.51. The number of hydrogen-bond donors (Lipinski definition) is 2. The summed E-state index contributed by atoms with van der Waals surface area (Å²) in [4.78, 5) is 27.7. The number of para-hydroxylation sites is 2. The zero-order chi connectivity index (χ0) is 29.5. The number of benzene rings is 4. The number of carbonyl (C=O) groups is 2. The first-order valence-corrected chi connectivity index (χ1v) is 14.6. The summed E-state index contributed by atoms with van der Waals surface area (Å²) in [5.74, 6) is 0.606. The molecule has 4 aromatic rings. The fourth-order valence-electron chi connectivity index (χ4n) is 4.32. The van der Waals surface area contributed by atoms with Gasteiger partial charge in [0.15, 0.2) is 12.7 Å². The number of amides is 2. The first-order valence-electron chi connectivity index (χ1n) is 13.1. The minimum atomic E-state index is -3.84. The standard InChI is InChI=1S/C31H29N3O7S/c1-39-24-13-11-23(12-14-24)33-42(37,38)26-17-15-25(16-18-26)40-21-30(35)34-20-29(41-28-10-6-5-9-27(28)34)31(36)32-19-22-7-3-2-4-8-22/h2-18,29,33H,19-21H2,1H3,(H,32,36). The van der Waals surface area contributed by atoms with Gasteiger partial charge in [0.25, 0.3) is 21.8 Å². The summed E-state index contributed by atoms with van der Waals surface area (Å²) < 4.78 is 44.8. The molecular weight excluding hydrogens is 558 g/mol. The van der Waals surface area contributed by atoms with E-state index in [0.29, 0.717) is 35.2 Å². The number of nitrogens with one attached hydrogen (secondary N) is 2. The molecule has 4 aromatic carbocycles. The van der Waals surface area contributed by atoms with Crippen molar-refractivity contribution in [3.63, 3.8) is 0 Å². The van der Waals surface area contributed by atoms with Gasteiger partial charge in [-0.15, -0.1) is 0 Å². The van der Waals surface area contributed by atoms with Crippen LogP contribution in [0.15, 0.2) is 108 Å². The van der Waals surface area contributed by atoms with Crippen LogP contribution in [-0.2, 0) is 26.2 Å². The van der Waals surface area contributed by atoms with Gasteiger partial charge in [-0.05, 0) is 66.2 Å². The lowest BCUT2D eigenvalue weighted by atomic mass is 10.1. The molecule has 0 saturated heterocycles. The minimum absolute atomic E-state index is 0.00798. The smallest absolute Gasteiger partial charge is 0.265 e. The number of carbonyl (C=O) groups excluding carboxylic acids is 2. The number of ether oxygens (including phenoxy) is 3. The van der Waals surface area contributed by atoms with Gasteiger partial charge in [-0.25, -0.2) is 8.42 Å². The van der Waals surface area contributed by atoms with Crippen LogP contribution in [0, 0.1) is 0 Å². The Balaban J connectivity index is 1.21. The predicted molar refractivity (Wildman–Crippen MR) is 157 cm³/mol. The van der Waals surface area contributed by atoms with E-state index in [-0.39, 0.29) is 29.9 Å². The summed E-state index contributed by atoms with van der Waals surface area (Å²) in [6.07, 6.45) is -0.907. The van der Waals surface area contributed by atoms with Crippen LogP contribution < -0.4 is 29.1 Å². The van der Waals surface area contributed by atoms with Gasteiger partial charge >= 0.3 is 0 Å². The van der Waals surface area contributed by atoms with Crippen molar-refractivity contribution >= 4 is 33.2 Å². The quantitative estimate of drug-likeness (QED) is 0.288. The van der Waals surface area contributed by atoms with Gasteiger partial charge < -0.3 is 24.4 Å². The van der Waals surface area contributed by atoms with Crippen LogP contribution in [0.2, 0.25) is 0 Å². The maximum Gasteiger partial charge on any atom is 0.265 e. The number of methoxy groups -OCH3 is 1. The third-order valence-corrected chi connectivity index (χ3v) is 7.91. The molecule has 1 aliphatic rings. The molecule has 1 aliphatic heterocycles. The summed E-state index contributed by atoms with van der Waals surface area (Å²) >= 11 is 0. The highest BCUT2D eigenvalue weighted by molar-refractivity contribution is 7.92. The van der Waals surface area contributed by atoms with Gasteiger partial charge in [0.1, 0.15) is 17.2 Å². The summed E-state index contributed by atoms with van der Waals surface area (Å²) in [6.45, 7) is 0.0104. The van der Waals surface area contributed by atoms with Crippen LogP contribution >= 0.6 is 0 Å². The molecule has 2 N–H and O–H groups in total. The molecule has 0 aromatic heterocycles. The maximum absolute atomic E-state index is 13.3. The molecule has 42 heavy (non-hydrogen) atoms. The van der Waals surface area contributed by atoms with Gasteiger partial charge in [-0.2, -0.15) is 0 Å². The first-order chi connectivity index (χ1) is 20.3. The minimum Gasteiger partial charge on any atom is -0.497 e. The highest BCUT2D eigenvalue weighted by atomic mass is 32.2. The third-order valence-electron chi connectivity index (χ3n) is 6.52. The van der Waals surface area contributed by atoms with Crippen molar-refractivity contribution in [2.75, 3.05) is 29.9 Å². The van der Waals surface area contributed by atoms with Gasteiger partial charge in [0, 0.05) is 12.2 Å². The van der Waals surface area contributed by atoms with E-state index in [4.69, 9.17) is 14.2 Å². The second-order valence-corrected chi connectivity index (χ2v) is 11.1. The van der Waals surface area contributed by atoms with Crippen molar-refractivity contribution in [3.05, 3.63) is 109 Å². The summed E-state index contributed by atoms with van der Waals surface area (Å²) in [5.41, 5.74) is 1.86. The Kier molecular flexibility index (Phi) is 8.58. The molecule has 0 aliphatic carbocycles. The molecule has 0 spiro atoms. The molecule has 216 valence electrons. The molecule has 1 heterocycles. The maximum atomic E-state index is 13.3. The Hall–Kier alpha value is -5.03. The summed E-state index contributed by atoms with van der Waals surface area (Å²) in [5, 5.41) is 2.86. The predicted octanol–water partition coefficient (Wildman–Crippen LogP) is 3.99. The van der Waals surface area contributed by atoms with E-state index in [1.54, 1.807) is 48.5 Å². The van der Waals surface area contributed by atoms with Crippen molar-refractivity contribution in [2.45, 2.75) is 17.5 Å². The van der Waals surface area contributed by atoms with Gasteiger partial charge in [0.05, 0.1) is 24.2 Å². The van der Waals surface area contributed by atoms with Gasteiger partial charge in [-0.3, -0.25) is 14.3 Å². The average Bonchev–Trinajstić information content (AvgIpc) is 3.02. The number of sulfonamides is 1. The lowest BCUT2D eigenvalue weighted by molar-refractivity contribution is -0.128. The second-order valence-electron chi connectivity index (χ2n) is 9.38. The SMILES string of the molecule is COc1ccc(NS(=O)(=O)c2ccc(OCC(=O)N3CC(C(=O)NCc4ccccc4)Oc4ccccc43)cc2)cc1. The molecule has 1 atom stereocenters. The van der Waals surface area contributed by atoms with Crippen molar-refractivity contribution in [3.8, 4) is 17.2 Å². The highest BCUT2D eigenvalue weighted by Crippen LogP contribution is 2.33. The van der Waals surface area contributed by atoms with E-state index in [0.717, 1.165) is 5.56 Å². The topological polar surface area (TPSA) is 123 Å². The van der Waals surface area contributed by atoms with E-state index in [1.165, 1.54) is 36.3 Å². The zero-order valence-corrected chi connectivity index (χ0v) is 23.5. The van der Waals surface area contributed by atoms with Crippen LogP contribution in [0.1, 0.15) is 5.56 Å². The Bertz CT molecular complexity index is 1640. The van der Waals surface area contributed by atoms with E-state index >= 15 is 0 Å². The highest BCUT2D eigenvalue weighted by Gasteiger charge is 2.33. The Morgan fingerprint density at radius 3 is 2.26 bits per heavy atom. The normalized spacial score (nSPS) is 14.2. The molecule has 0 radical (unpaired) electrons. The number of fused-ring (bicyclic) bond motifs is 1. The second kappa shape index (κ2) is 12.6. The molecule has 1 unspecified atom stereocenters. The molecule has 2 amide bonds. The molecule has 10 nitrogen and oxygen atoms in total. The van der Waals surface area contributed by atoms with E-state index in [2.05, 4.69) is 10.0 Å². The van der Waals surface area contributed by atoms with Crippen LogP contribution in [-0.4, -0.2) is 46.6 Å². The Morgan fingerprint density at radius 1 is 0.881 bits per heavy atom. The molecule has 5 rings (SSSR count). The molecule has 0 bridgehead atoms. The van der Waals surface area contributed by atoms with Crippen LogP contribution in [0.4, 0.5) is 11.4 Å². The molecule has 11 heteroatoms. The Morgan fingerprint density at radius 2 is 1.55 bits per heavy atom. The summed E-state index contributed by atoms with van der Waals surface area (Å²) in [6, 6.07) is 28.7. The molecule has 0 fully saturated rings. The van der Waals surface area contributed by atoms with E-state index < -0.39 is 16.1 Å². The zero-order valence-electron chi connectivity index (χ0n) is 22.7. The number of anilines is 2. The fourth-order valence-corrected chi connectivity index (χ4v) is 5.38. The van der Waals surface area contributed by atoms with Gasteiger partial charge in [-0.1, -0.05) is 42.5 Å². The fraction of sp³-hybridized carbons (Fsp3) is 0.161. The van der Waals surface area contributed by atoms with Crippen LogP contribution in [0.25, 0.3) is 0 Å². The van der Waals surface area contributed by atoms with Gasteiger partial charge in [0.2, 0.25) is 0 Å². The van der Waals surface area contributed by atoms with E-state index in [1.807, 2.05) is 30.3 Å². The monoisotopic (exact) mass is 587 g/mol. The first kappa shape index (κ1) is 28.5. The number of hydrogen-bond acceptors (Lipinski definition) is 7. The van der Waals surface area contributed by atoms with Crippen molar-refractivity contribution in [2.24, 2.45) is 0 Å². The molecule has 0 saturated carbocycles. The van der Waals surface area contributed by atoms with E-state index in [9.17, 15) is 18.0 Å². The average molecular weight is 588 g/mol. The summed E-state index contributed by atoms with van der Waals surface area (Å²) in [7, 11) is -2.31. The largest absolute Gasteiger partial charge is 0.497 e. The van der Waals surface area contributed by atoms with Crippen LogP contribution in [0.3, 0.4) is 0 Å². The lowest BCUT2D eigenvalue weighted by Gasteiger charge is -2.34. The number of rotatable bonds is 10. The Labute approximate surface area is 243 Å². The van der Waals surface area contributed by atoms with Crippen molar-refractivity contribution in [1.29, 1.82) is 0 Å². The third kappa shape index (κ3) is 6.81. The molecular formula is C31H29N3O7S. The van der Waals surface area contributed by atoms with Crippen molar-refractivity contribution in [1.82, 2.24) is 5.32 Å². The van der Waals surface area contributed by atoms with Crippen molar-refractivity contribution < 1.29 is 32.2 Å².